The van der Waals surface area contributed by atoms with Crippen LogP contribution in [0.5, 0.6) is 0 Å². The van der Waals surface area contributed by atoms with Gasteiger partial charge in [-0.1, -0.05) is 30.3 Å². The van der Waals surface area contributed by atoms with Crippen LogP contribution in [0.3, 0.4) is 0 Å². The first kappa shape index (κ1) is 18.7. The van der Waals surface area contributed by atoms with Gasteiger partial charge in [0.15, 0.2) is 0 Å². The molecule has 2 rings (SSSR count). The van der Waals surface area contributed by atoms with Gasteiger partial charge in [-0.3, -0.25) is 14.6 Å². The molecule has 1 fully saturated rings. The summed E-state index contributed by atoms with van der Waals surface area (Å²) in [6.45, 7) is 1.66. The maximum absolute atomic E-state index is 12.0. The fourth-order valence-corrected chi connectivity index (χ4v) is 2.61. The number of β-amino-alcohol motifs (C(OH)–C–C–N with tert-alkyl or cyclic N) is 1. The van der Waals surface area contributed by atoms with Gasteiger partial charge >= 0.3 is 6.18 Å². The highest BCUT2D eigenvalue weighted by molar-refractivity contribution is 5.78. The second-order valence-corrected chi connectivity index (χ2v) is 5.90. The van der Waals surface area contributed by atoms with Crippen LogP contribution in [-0.4, -0.2) is 72.8 Å². The van der Waals surface area contributed by atoms with E-state index in [1.807, 2.05) is 40.5 Å². The Hall–Kier alpha value is -1.64. The molecule has 5 nitrogen and oxygen atoms in total. The average Bonchev–Trinajstić information content (AvgIpc) is 2.55. The van der Waals surface area contributed by atoms with E-state index in [1.165, 1.54) is 0 Å². The lowest BCUT2D eigenvalue weighted by Crippen LogP contribution is -2.50. The third kappa shape index (κ3) is 6.46. The zero-order valence-electron chi connectivity index (χ0n) is 13.3. The number of alkyl halides is 3. The number of amides is 1. The lowest BCUT2D eigenvalue weighted by atomic mass is 10.1. The summed E-state index contributed by atoms with van der Waals surface area (Å²) in [4.78, 5) is 15.4. The van der Waals surface area contributed by atoms with Crippen LogP contribution in [0.4, 0.5) is 13.2 Å². The van der Waals surface area contributed by atoms with Crippen molar-refractivity contribution in [2.45, 2.75) is 12.3 Å². The first-order valence-electron chi connectivity index (χ1n) is 7.84. The molecule has 1 aromatic rings. The van der Waals surface area contributed by atoms with Crippen LogP contribution in [0.25, 0.3) is 0 Å². The normalized spacial score (nSPS) is 18.3. The molecule has 0 aliphatic carbocycles. The third-order valence-corrected chi connectivity index (χ3v) is 3.93. The zero-order chi connectivity index (χ0) is 17.6. The highest BCUT2D eigenvalue weighted by atomic mass is 19.4. The number of nitrogens with zero attached hydrogens (tertiary/aromatic N) is 2. The van der Waals surface area contributed by atoms with Crippen LogP contribution in [0.2, 0.25) is 0 Å². The summed E-state index contributed by atoms with van der Waals surface area (Å²) in [5.41, 5.74) is 0.853. The number of aliphatic hydroxyl groups excluding tert-OH is 1. The van der Waals surface area contributed by atoms with Gasteiger partial charge in [-0.25, -0.2) is 0 Å². The molecule has 1 aliphatic heterocycles. The smallest absolute Gasteiger partial charge is 0.387 e. The van der Waals surface area contributed by atoms with Crippen LogP contribution < -0.4 is 5.32 Å². The molecule has 0 spiro atoms. The lowest BCUT2D eigenvalue weighted by molar-refractivity contribution is -0.139. The Morgan fingerprint density at radius 1 is 1.12 bits per heavy atom. The molecule has 1 amide bonds. The molecule has 0 unspecified atom stereocenters. The third-order valence-electron chi connectivity index (χ3n) is 3.93. The number of piperazine rings is 1. The quantitative estimate of drug-likeness (QED) is 0.808. The number of hydrogen-bond acceptors (Lipinski definition) is 4. The molecule has 1 heterocycles. The van der Waals surface area contributed by atoms with Gasteiger partial charge in [0.2, 0.25) is 5.91 Å². The summed E-state index contributed by atoms with van der Waals surface area (Å²) in [5.74, 6) is -0.620. The van der Waals surface area contributed by atoms with Crippen LogP contribution >= 0.6 is 0 Å². The predicted molar refractivity (Wildman–Crippen MR) is 83.3 cm³/mol. The predicted octanol–water partition coefficient (Wildman–Crippen LogP) is 1.02. The van der Waals surface area contributed by atoms with E-state index in [1.54, 1.807) is 0 Å². The molecule has 0 saturated carbocycles. The van der Waals surface area contributed by atoms with E-state index in [0.29, 0.717) is 32.7 Å². The van der Waals surface area contributed by atoms with E-state index < -0.39 is 24.7 Å². The summed E-state index contributed by atoms with van der Waals surface area (Å²) in [7, 11) is 0. The number of carbonyl (C=O) groups excluding carboxylic acids is 1. The summed E-state index contributed by atoms with van der Waals surface area (Å²) in [6, 6.07) is 9.36. The van der Waals surface area contributed by atoms with Crippen LogP contribution in [-0.2, 0) is 4.79 Å². The van der Waals surface area contributed by atoms with Gasteiger partial charge < -0.3 is 10.4 Å². The molecule has 1 aliphatic rings. The van der Waals surface area contributed by atoms with Gasteiger partial charge in [0.1, 0.15) is 6.54 Å². The molecular formula is C16H22F3N3O2. The number of hydrogen-bond donors (Lipinski definition) is 2. The maximum Gasteiger partial charge on any atom is 0.405 e. The fraction of sp³-hybridized carbons (Fsp3) is 0.562. The zero-order valence-corrected chi connectivity index (χ0v) is 13.3. The highest BCUT2D eigenvalue weighted by Gasteiger charge is 2.28. The van der Waals surface area contributed by atoms with Crippen molar-refractivity contribution in [1.29, 1.82) is 0 Å². The molecule has 1 atom stereocenters. The Morgan fingerprint density at radius 3 is 2.29 bits per heavy atom. The summed E-state index contributed by atoms with van der Waals surface area (Å²) in [5, 5.41) is 12.1. The minimum Gasteiger partial charge on any atom is -0.387 e. The highest BCUT2D eigenvalue weighted by Crippen LogP contribution is 2.15. The molecule has 2 N–H and O–H groups in total. The molecule has 24 heavy (non-hydrogen) atoms. The fourth-order valence-electron chi connectivity index (χ4n) is 2.61. The number of nitrogens with one attached hydrogen (secondary N) is 1. The van der Waals surface area contributed by atoms with Crippen molar-refractivity contribution in [2.75, 3.05) is 45.8 Å². The molecular weight excluding hydrogens is 323 g/mol. The monoisotopic (exact) mass is 345 g/mol. The van der Waals surface area contributed by atoms with E-state index in [2.05, 4.69) is 4.90 Å². The first-order valence-corrected chi connectivity index (χ1v) is 7.84. The van der Waals surface area contributed by atoms with Crippen molar-refractivity contribution >= 4 is 5.91 Å². The van der Waals surface area contributed by atoms with Crippen LogP contribution in [0, 0.1) is 0 Å². The Balaban J connectivity index is 1.69. The lowest BCUT2D eigenvalue weighted by Gasteiger charge is -2.35. The van der Waals surface area contributed by atoms with E-state index >= 15 is 0 Å². The SMILES string of the molecule is O=C(CN1CCN(C[C@H](O)c2ccccc2)CC1)NCC(F)(F)F. The second-order valence-electron chi connectivity index (χ2n) is 5.90. The average molecular weight is 345 g/mol. The Labute approximate surface area is 139 Å². The van der Waals surface area contributed by atoms with Crippen molar-refractivity contribution in [1.82, 2.24) is 15.1 Å². The molecule has 1 aromatic carbocycles. The van der Waals surface area contributed by atoms with Crippen molar-refractivity contribution in [3.63, 3.8) is 0 Å². The minimum atomic E-state index is -4.39. The van der Waals surface area contributed by atoms with Gasteiger partial charge in [-0.2, -0.15) is 13.2 Å². The molecule has 8 heteroatoms. The molecule has 1 saturated heterocycles. The number of halogens is 3. The molecule has 0 aromatic heterocycles. The molecule has 134 valence electrons. The van der Waals surface area contributed by atoms with Crippen molar-refractivity contribution in [3.8, 4) is 0 Å². The van der Waals surface area contributed by atoms with Crippen LogP contribution in [0.1, 0.15) is 11.7 Å². The Bertz CT molecular complexity index is 517. The number of carbonyl (C=O) groups is 1. The van der Waals surface area contributed by atoms with Gasteiger partial charge in [0.25, 0.3) is 0 Å². The van der Waals surface area contributed by atoms with Crippen LogP contribution in [0.15, 0.2) is 30.3 Å². The first-order chi connectivity index (χ1) is 11.3. The number of benzene rings is 1. The summed E-state index contributed by atoms with van der Waals surface area (Å²) >= 11 is 0. The van der Waals surface area contributed by atoms with Gasteiger partial charge in [-0.15, -0.1) is 0 Å². The van der Waals surface area contributed by atoms with E-state index in [4.69, 9.17) is 0 Å². The number of rotatable bonds is 6. The minimum absolute atomic E-state index is 0.0365. The Morgan fingerprint density at radius 2 is 1.71 bits per heavy atom. The van der Waals surface area contributed by atoms with E-state index in [9.17, 15) is 23.1 Å². The van der Waals surface area contributed by atoms with E-state index in [0.717, 1.165) is 5.56 Å². The summed E-state index contributed by atoms with van der Waals surface area (Å²) in [6.07, 6.45) is -4.96. The molecule has 0 bridgehead atoms. The van der Waals surface area contributed by atoms with E-state index in [-0.39, 0.29) is 6.54 Å². The summed E-state index contributed by atoms with van der Waals surface area (Å²) < 4.78 is 36.1. The van der Waals surface area contributed by atoms with Gasteiger partial charge in [-0.05, 0) is 5.56 Å². The topological polar surface area (TPSA) is 55.8 Å². The van der Waals surface area contributed by atoms with Crippen molar-refractivity contribution < 1.29 is 23.1 Å². The van der Waals surface area contributed by atoms with Crippen molar-refractivity contribution in [2.24, 2.45) is 0 Å². The largest absolute Gasteiger partial charge is 0.405 e. The second kappa shape index (κ2) is 8.46. The molecule has 0 radical (unpaired) electrons. The Kier molecular flexibility index (Phi) is 6.59. The van der Waals surface area contributed by atoms with Gasteiger partial charge in [0.05, 0.1) is 12.6 Å². The standard InChI is InChI=1S/C16H22F3N3O2/c17-16(18,19)12-20-15(24)11-22-8-6-21(7-9-22)10-14(23)13-4-2-1-3-5-13/h1-5,14,23H,6-12H2,(H,20,24)/t14-/m0/s1. The van der Waals surface area contributed by atoms with Gasteiger partial charge in [0, 0.05) is 32.7 Å². The number of aliphatic hydroxyl groups is 1. The maximum atomic E-state index is 12.0. The van der Waals surface area contributed by atoms with Crippen molar-refractivity contribution in [3.05, 3.63) is 35.9 Å².